The van der Waals surface area contributed by atoms with E-state index in [1.807, 2.05) is 45.0 Å². The number of fused-ring (bicyclic) bond motifs is 1. The van der Waals surface area contributed by atoms with E-state index in [1.165, 1.54) is 0 Å². The first-order chi connectivity index (χ1) is 9.38. The smallest absolute Gasteiger partial charge is 0.252 e. The molecule has 0 fully saturated rings. The molecule has 20 heavy (non-hydrogen) atoms. The maximum Gasteiger partial charge on any atom is 0.252 e. The third-order valence-corrected chi connectivity index (χ3v) is 3.70. The van der Waals surface area contributed by atoms with Crippen molar-refractivity contribution in [3.8, 4) is 0 Å². The van der Waals surface area contributed by atoms with E-state index in [4.69, 9.17) is 0 Å². The highest BCUT2D eigenvalue weighted by Gasteiger charge is 2.16. The second-order valence-electron chi connectivity index (χ2n) is 5.84. The molecule has 1 aromatic carbocycles. The van der Waals surface area contributed by atoms with Gasteiger partial charge in [0.05, 0.1) is 11.1 Å². The summed E-state index contributed by atoms with van der Waals surface area (Å²) in [4.78, 5) is 17.0. The lowest BCUT2D eigenvalue weighted by molar-refractivity contribution is 0.0932. The van der Waals surface area contributed by atoms with Gasteiger partial charge < -0.3 is 5.32 Å². The summed E-state index contributed by atoms with van der Waals surface area (Å²) in [6.45, 7) is 10.2. The maximum atomic E-state index is 12.5. The Balaban J connectivity index is 2.47. The number of rotatable bonds is 3. The van der Waals surface area contributed by atoms with Crippen LogP contribution >= 0.6 is 0 Å². The highest BCUT2D eigenvalue weighted by atomic mass is 16.1. The topological polar surface area (TPSA) is 42.0 Å². The summed E-state index contributed by atoms with van der Waals surface area (Å²) in [5.41, 5.74) is 3.58. The largest absolute Gasteiger partial charge is 0.349 e. The number of benzene rings is 1. The summed E-state index contributed by atoms with van der Waals surface area (Å²) in [7, 11) is 0. The molecule has 0 saturated carbocycles. The monoisotopic (exact) mass is 270 g/mol. The van der Waals surface area contributed by atoms with Crippen molar-refractivity contribution in [1.82, 2.24) is 10.3 Å². The molecule has 0 spiro atoms. The molecular formula is C17H22N2O. The van der Waals surface area contributed by atoms with Gasteiger partial charge in [0.25, 0.3) is 5.91 Å². The predicted octanol–water partition coefficient (Wildman–Crippen LogP) is 3.63. The van der Waals surface area contributed by atoms with Crippen LogP contribution < -0.4 is 5.32 Å². The van der Waals surface area contributed by atoms with Crippen LogP contribution in [0.2, 0.25) is 0 Å². The van der Waals surface area contributed by atoms with E-state index in [-0.39, 0.29) is 11.9 Å². The van der Waals surface area contributed by atoms with Crippen LogP contribution in [0.15, 0.2) is 24.3 Å². The van der Waals surface area contributed by atoms with E-state index < -0.39 is 0 Å². The van der Waals surface area contributed by atoms with Crippen molar-refractivity contribution in [1.29, 1.82) is 0 Å². The first-order valence-corrected chi connectivity index (χ1v) is 7.07. The minimum absolute atomic E-state index is 0.0210. The van der Waals surface area contributed by atoms with Crippen LogP contribution in [0.3, 0.4) is 0 Å². The number of pyridine rings is 1. The molecule has 1 atom stereocenters. The van der Waals surface area contributed by atoms with Crippen LogP contribution in [0.5, 0.6) is 0 Å². The molecule has 0 aliphatic heterocycles. The first kappa shape index (κ1) is 14.5. The average Bonchev–Trinajstić information content (AvgIpc) is 2.38. The molecule has 106 valence electrons. The number of nitrogens with one attached hydrogen (secondary N) is 1. The molecule has 1 N–H and O–H groups in total. The fourth-order valence-electron chi connectivity index (χ4n) is 2.11. The Kier molecular flexibility index (Phi) is 4.07. The zero-order valence-corrected chi connectivity index (χ0v) is 12.8. The van der Waals surface area contributed by atoms with E-state index in [0.717, 1.165) is 22.2 Å². The molecule has 1 amide bonds. The zero-order chi connectivity index (χ0) is 14.9. The number of hydrogen-bond acceptors (Lipinski definition) is 2. The van der Waals surface area contributed by atoms with Crippen molar-refractivity contribution in [2.75, 3.05) is 0 Å². The van der Waals surface area contributed by atoms with Crippen LogP contribution in [-0.4, -0.2) is 16.9 Å². The second kappa shape index (κ2) is 5.61. The van der Waals surface area contributed by atoms with Crippen LogP contribution in [0.1, 0.15) is 42.4 Å². The molecule has 1 unspecified atom stereocenters. The van der Waals surface area contributed by atoms with E-state index in [1.54, 1.807) is 0 Å². The second-order valence-corrected chi connectivity index (χ2v) is 5.84. The minimum atomic E-state index is -0.0210. The Bertz CT molecular complexity index is 647. The number of carbonyl (C=O) groups excluding carboxylic acids is 1. The SMILES string of the molecule is Cc1ccc2nc(C)cc(C(=O)NC(C)C(C)C)c2c1. The number of hydrogen-bond donors (Lipinski definition) is 1. The van der Waals surface area contributed by atoms with Gasteiger partial charge >= 0.3 is 0 Å². The number of aryl methyl sites for hydroxylation is 2. The van der Waals surface area contributed by atoms with Gasteiger partial charge in [-0.15, -0.1) is 0 Å². The standard InChI is InChI=1S/C17H22N2O/c1-10(2)13(5)19-17(20)15-9-12(4)18-16-7-6-11(3)8-14(15)16/h6-10,13H,1-5H3,(H,19,20). The van der Waals surface area contributed by atoms with Gasteiger partial charge in [0.15, 0.2) is 0 Å². The molecule has 0 saturated heterocycles. The lowest BCUT2D eigenvalue weighted by Gasteiger charge is -2.18. The van der Waals surface area contributed by atoms with Crippen molar-refractivity contribution in [2.24, 2.45) is 5.92 Å². The van der Waals surface area contributed by atoms with Crippen LogP contribution in [0.4, 0.5) is 0 Å². The van der Waals surface area contributed by atoms with Gasteiger partial charge in [0.1, 0.15) is 0 Å². The van der Waals surface area contributed by atoms with Gasteiger partial charge in [-0.25, -0.2) is 0 Å². The number of carbonyl (C=O) groups is 1. The first-order valence-electron chi connectivity index (χ1n) is 7.07. The summed E-state index contributed by atoms with van der Waals surface area (Å²) < 4.78 is 0. The molecule has 2 aromatic rings. The summed E-state index contributed by atoms with van der Waals surface area (Å²) in [5.74, 6) is 0.391. The molecule has 3 heteroatoms. The zero-order valence-electron chi connectivity index (χ0n) is 12.8. The Labute approximate surface area is 120 Å². The minimum Gasteiger partial charge on any atom is -0.349 e. The Hall–Kier alpha value is -1.90. The molecule has 0 aliphatic rings. The molecule has 1 heterocycles. The van der Waals surface area contributed by atoms with Crippen molar-refractivity contribution < 1.29 is 4.79 Å². The quantitative estimate of drug-likeness (QED) is 0.925. The lowest BCUT2D eigenvalue weighted by Crippen LogP contribution is -2.36. The van der Waals surface area contributed by atoms with Crippen molar-refractivity contribution in [2.45, 2.75) is 40.7 Å². The van der Waals surface area contributed by atoms with Crippen LogP contribution in [0, 0.1) is 19.8 Å². The van der Waals surface area contributed by atoms with Crippen molar-refractivity contribution in [3.05, 3.63) is 41.1 Å². The van der Waals surface area contributed by atoms with Gasteiger partial charge in [-0.1, -0.05) is 25.5 Å². The maximum absolute atomic E-state index is 12.5. The predicted molar refractivity (Wildman–Crippen MR) is 83.0 cm³/mol. The third-order valence-electron chi connectivity index (χ3n) is 3.70. The molecule has 3 nitrogen and oxygen atoms in total. The Morgan fingerprint density at radius 1 is 1.15 bits per heavy atom. The molecular weight excluding hydrogens is 248 g/mol. The average molecular weight is 270 g/mol. The van der Waals surface area contributed by atoms with Crippen molar-refractivity contribution in [3.63, 3.8) is 0 Å². The fraction of sp³-hybridized carbons (Fsp3) is 0.412. The lowest BCUT2D eigenvalue weighted by atomic mass is 10.0. The van der Waals surface area contributed by atoms with E-state index in [0.29, 0.717) is 11.5 Å². The summed E-state index contributed by atoms with van der Waals surface area (Å²) in [6.07, 6.45) is 0. The highest BCUT2D eigenvalue weighted by molar-refractivity contribution is 6.06. The normalized spacial score (nSPS) is 12.7. The van der Waals surface area contributed by atoms with Gasteiger partial charge in [0, 0.05) is 17.1 Å². The van der Waals surface area contributed by atoms with Gasteiger partial charge in [0.2, 0.25) is 0 Å². The molecule has 0 aliphatic carbocycles. The van der Waals surface area contributed by atoms with Crippen molar-refractivity contribution >= 4 is 16.8 Å². The van der Waals surface area contributed by atoms with E-state index in [2.05, 4.69) is 24.1 Å². The number of amides is 1. The number of nitrogens with zero attached hydrogens (tertiary/aromatic N) is 1. The number of aromatic nitrogens is 1. The summed E-state index contributed by atoms with van der Waals surface area (Å²) in [5, 5.41) is 3.99. The Morgan fingerprint density at radius 2 is 1.85 bits per heavy atom. The van der Waals surface area contributed by atoms with E-state index >= 15 is 0 Å². The van der Waals surface area contributed by atoms with Gasteiger partial charge in [-0.3, -0.25) is 9.78 Å². The third kappa shape index (κ3) is 2.98. The Morgan fingerprint density at radius 3 is 2.50 bits per heavy atom. The highest BCUT2D eigenvalue weighted by Crippen LogP contribution is 2.20. The van der Waals surface area contributed by atoms with Crippen LogP contribution in [-0.2, 0) is 0 Å². The fourth-order valence-corrected chi connectivity index (χ4v) is 2.11. The van der Waals surface area contributed by atoms with Gasteiger partial charge in [-0.2, -0.15) is 0 Å². The summed E-state index contributed by atoms with van der Waals surface area (Å²) >= 11 is 0. The molecule has 1 aromatic heterocycles. The molecule has 2 rings (SSSR count). The summed E-state index contributed by atoms with van der Waals surface area (Å²) in [6, 6.07) is 8.03. The van der Waals surface area contributed by atoms with E-state index in [9.17, 15) is 4.79 Å². The van der Waals surface area contributed by atoms with Gasteiger partial charge in [-0.05, 0) is 44.9 Å². The van der Waals surface area contributed by atoms with Crippen LogP contribution in [0.25, 0.3) is 10.9 Å². The molecule has 0 bridgehead atoms. The molecule has 0 radical (unpaired) electrons.